The molecule has 0 bridgehead atoms. The average molecular weight is 369 g/mol. The van der Waals surface area contributed by atoms with Crippen molar-refractivity contribution < 1.29 is 14.3 Å². The van der Waals surface area contributed by atoms with Crippen molar-refractivity contribution in [3.8, 4) is 11.4 Å². The van der Waals surface area contributed by atoms with Gasteiger partial charge in [-0.1, -0.05) is 41.6 Å². The molecule has 0 saturated carbocycles. The van der Waals surface area contributed by atoms with Gasteiger partial charge in [-0.2, -0.15) is 0 Å². The van der Waals surface area contributed by atoms with Crippen LogP contribution in [-0.2, 0) is 16.1 Å². The van der Waals surface area contributed by atoms with Crippen LogP contribution in [0.4, 0.5) is 0 Å². The van der Waals surface area contributed by atoms with Gasteiger partial charge in [0.15, 0.2) is 5.16 Å². The van der Waals surface area contributed by atoms with E-state index in [0.29, 0.717) is 5.16 Å². The predicted octanol–water partition coefficient (Wildman–Crippen LogP) is 3.42. The first-order valence-corrected chi connectivity index (χ1v) is 9.02. The highest BCUT2D eigenvalue weighted by Gasteiger charge is 2.11. The fourth-order valence-electron chi connectivity index (χ4n) is 2.30. The van der Waals surface area contributed by atoms with Gasteiger partial charge in [0.05, 0.1) is 12.9 Å². The number of nitrogens with zero attached hydrogens (tertiary/aromatic N) is 3. The van der Waals surface area contributed by atoms with Crippen molar-refractivity contribution in [3.05, 3.63) is 66.0 Å². The number of aryl methyl sites for hydroxylation is 1. The summed E-state index contributed by atoms with van der Waals surface area (Å²) in [7, 11) is 1.60. The molecule has 0 saturated heterocycles. The third-order valence-corrected chi connectivity index (χ3v) is 4.60. The van der Waals surface area contributed by atoms with E-state index in [-0.39, 0.29) is 18.3 Å². The molecule has 0 radical (unpaired) electrons. The van der Waals surface area contributed by atoms with Crippen LogP contribution < -0.4 is 4.74 Å². The smallest absolute Gasteiger partial charge is 0.316 e. The molecule has 2 aromatic carbocycles. The third kappa shape index (κ3) is 4.64. The van der Waals surface area contributed by atoms with Gasteiger partial charge in [-0.05, 0) is 36.8 Å². The van der Waals surface area contributed by atoms with Crippen LogP contribution in [0.15, 0.2) is 60.0 Å². The normalized spacial score (nSPS) is 10.5. The molecule has 1 aromatic heterocycles. The van der Waals surface area contributed by atoms with Crippen molar-refractivity contribution in [1.82, 2.24) is 14.8 Å². The highest BCUT2D eigenvalue weighted by atomic mass is 32.2. The number of ether oxygens (including phenoxy) is 2. The van der Waals surface area contributed by atoms with E-state index in [1.807, 2.05) is 60.0 Å². The second-order valence-corrected chi connectivity index (χ2v) is 6.56. The Kier molecular flexibility index (Phi) is 5.91. The zero-order valence-electron chi connectivity index (χ0n) is 14.6. The maximum Gasteiger partial charge on any atom is 0.316 e. The second-order valence-electron chi connectivity index (χ2n) is 5.62. The molecule has 1 heterocycles. The number of carbonyl (C=O) groups is 1. The van der Waals surface area contributed by atoms with Gasteiger partial charge in [-0.3, -0.25) is 9.36 Å². The summed E-state index contributed by atoms with van der Waals surface area (Å²) in [5.41, 5.74) is 3.01. The molecule has 0 aliphatic rings. The van der Waals surface area contributed by atoms with Gasteiger partial charge in [-0.15, -0.1) is 10.2 Å². The predicted molar refractivity (Wildman–Crippen MR) is 99.6 cm³/mol. The molecule has 3 aromatic rings. The minimum absolute atomic E-state index is 0.161. The Labute approximate surface area is 156 Å². The maximum absolute atomic E-state index is 12.0. The SMILES string of the molecule is COc1cccc(COC(=O)CSc2nncn2-c2ccc(C)cc2)c1. The molecule has 0 spiro atoms. The van der Waals surface area contributed by atoms with Gasteiger partial charge in [-0.25, -0.2) is 0 Å². The Morgan fingerprint density at radius 3 is 2.77 bits per heavy atom. The summed E-state index contributed by atoms with van der Waals surface area (Å²) in [6, 6.07) is 15.5. The number of rotatable bonds is 7. The van der Waals surface area contributed by atoms with Crippen LogP contribution in [-0.4, -0.2) is 33.6 Å². The van der Waals surface area contributed by atoms with E-state index in [0.717, 1.165) is 17.0 Å². The standard InChI is InChI=1S/C19H19N3O3S/c1-14-6-8-16(9-7-14)22-13-20-21-19(22)26-12-18(23)25-11-15-4-3-5-17(10-15)24-2/h3-10,13H,11-12H2,1-2H3. The maximum atomic E-state index is 12.0. The zero-order valence-corrected chi connectivity index (χ0v) is 15.4. The van der Waals surface area contributed by atoms with Gasteiger partial charge in [0, 0.05) is 5.69 Å². The molecule has 7 heteroatoms. The topological polar surface area (TPSA) is 66.2 Å². The highest BCUT2D eigenvalue weighted by Crippen LogP contribution is 2.20. The van der Waals surface area contributed by atoms with Crippen LogP contribution in [0.2, 0.25) is 0 Å². The summed E-state index contributed by atoms with van der Waals surface area (Å²) in [6.45, 7) is 2.24. The molecular formula is C19H19N3O3S. The minimum atomic E-state index is -0.309. The fraction of sp³-hybridized carbons (Fsp3) is 0.211. The summed E-state index contributed by atoms with van der Waals surface area (Å²) in [6.07, 6.45) is 1.63. The van der Waals surface area contributed by atoms with Gasteiger partial charge in [0.2, 0.25) is 0 Å². The Hall–Kier alpha value is -2.80. The number of thioether (sulfide) groups is 1. The van der Waals surface area contributed by atoms with E-state index >= 15 is 0 Å². The van der Waals surface area contributed by atoms with Gasteiger partial charge in [0.1, 0.15) is 18.7 Å². The van der Waals surface area contributed by atoms with E-state index < -0.39 is 0 Å². The van der Waals surface area contributed by atoms with Crippen molar-refractivity contribution in [2.75, 3.05) is 12.9 Å². The van der Waals surface area contributed by atoms with Crippen LogP contribution >= 0.6 is 11.8 Å². The van der Waals surface area contributed by atoms with Crippen LogP contribution in [0, 0.1) is 6.92 Å². The monoisotopic (exact) mass is 369 g/mol. The first-order chi connectivity index (χ1) is 12.7. The third-order valence-electron chi connectivity index (χ3n) is 3.68. The Bertz CT molecular complexity index is 878. The Morgan fingerprint density at radius 1 is 1.19 bits per heavy atom. The number of hydrogen-bond acceptors (Lipinski definition) is 6. The van der Waals surface area contributed by atoms with E-state index in [9.17, 15) is 4.79 Å². The van der Waals surface area contributed by atoms with Gasteiger partial charge >= 0.3 is 5.97 Å². The van der Waals surface area contributed by atoms with Crippen LogP contribution in [0.1, 0.15) is 11.1 Å². The quantitative estimate of drug-likeness (QED) is 0.470. The highest BCUT2D eigenvalue weighted by molar-refractivity contribution is 7.99. The largest absolute Gasteiger partial charge is 0.497 e. The van der Waals surface area contributed by atoms with Crippen molar-refractivity contribution in [2.45, 2.75) is 18.7 Å². The summed E-state index contributed by atoms with van der Waals surface area (Å²) >= 11 is 1.29. The lowest BCUT2D eigenvalue weighted by Crippen LogP contribution is -2.08. The molecule has 0 N–H and O–H groups in total. The second kappa shape index (κ2) is 8.53. The molecule has 6 nitrogen and oxygen atoms in total. The number of aromatic nitrogens is 3. The minimum Gasteiger partial charge on any atom is -0.497 e. The Morgan fingerprint density at radius 2 is 2.00 bits per heavy atom. The number of methoxy groups -OCH3 is 1. The molecule has 0 atom stereocenters. The zero-order chi connectivity index (χ0) is 18.4. The average Bonchev–Trinajstić information content (AvgIpc) is 3.14. The van der Waals surface area contributed by atoms with E-state index in [4.69, 9.17) is 9.47 Å². The summed E-state index contributed by atoms with van der Waals surface area (Å²) < 4.78 is 12.3. The lowest BCUT2D eigenvalue weighted by atomic mass is 10.2. The number of carbonyl (C=O) groups excluding carboxylic acids is 1. The van der Waals surface area contributed by atoms with E-state index in [1.54, 1.807) is 13.4 Å². The van der Waals surface area contributed by atoms with E-state index in [1.165, 1.54) is 17.3 Å². The van der Waals surface area contributed by atoms with Crippen LogP contribution in [0.5, 0.6) is 5.75 Å². The number of hydrogen-bond donors (Lipinski definition) is 0. The van der Waals surface area contributed by atoms with Crippen molar-refractivity contribution >= 4 is 17.7 Å². The molecule has 0 aliphatic heterocycles. The summed E-state index contributed by atoms with van der Waals surface area (Å²) in [5.74, 6) is 0.588. The van der Waals surface area contributed by atoms with E-state index in [2.05, 4.69) is 10.2 Å². The summed E-state index contributed by atoms with van der Waals surface area (Å²) in [4.78, 5) is 12.0. The van der Waals surface area contributed by atoms with Crippen molar-refractivity contribution in [3.63, 3.8) is 0 Å². The first kappa shape index (κ1) is 18.0. The van der Waals surface area contributed by atoms with Crippen LogP contribution in [0.3, 0.4) is 0 Å². The molecule has 0 amide bonds. The molecule has 0 aliphatic carbocycles. The molecular weight excluding hydrogens is 350 g/mol. The van der Waals surface area contributed by atoms with Crippen molar-refractivity contribution in [2.24, 2.45) is 0 Å². The van der Waals surface area contributed by atoms with Gasteiger partial charge < -0.3 is 9.47 Å². The molecule has 0 unspecified atom stereocenters. The molecule has 134 valence electrons. The lowest BCUT2D eigenvalue weighted by molar-refractivity contribution is -0.141. The van der Waals surface area contributed by atoms with Gasteiger partial charge in [0.25, 0.3) is 0 Å². The fourth-order valence-corrected chi connectivity index (χ4v) is 3.02. The molecule has 26 heavy (non-hydrogen) atoms. The van der Waals surface area contributed by atoms with Crippen LogP contribution in [0.25, 0.3) is 5.69 Å². The first-order valence-electron chi connectivity index (χ1n) is 8.04. The summed E-state index contributed by atoms with van der Waals surface area (Å²) in [5, 5.41) is 8.66. The molecule has 3 rings (SSSR count). The number of benzene rings is 2. The van der Waals surface area contributed by atoms with Crippen molar-refractivity contribution in [1.29, 1.82) is 0 Å². The number of esters is 1. The molecule has 0 fully saturated rings. The Balaban J connectivity index is 1.55. The lowest BCUT2D eigenvalue weighted by Gasteiger charge is -2.08.